The van der Waals surface area contributed by atoms with Gasteiger partial charge in [-0.05, 0) is 110 Å². The molecule has 4 N–H and O–H groups in total. The van der Waals surface area contributed by atoms with Crippen LogP contribution in [0.3, 0.4) is 0 Å². The van der Waals surface area contributed by atoms with E-state index in [1.54, 1.807) is 0 Å². The number of methoxy groups -OCH3 is 2. The summed E-state index contributed by atoms with van der Waals surface area (Å²) in [4.78, 5) is 73.6. The number of fused-ring (bicyclic) bond motifs is 8. The Kier molecular flexibility index (Phi) is 9.91. The summed E-state index contributed by atoms with van der Waals surface area (Å²) in [7, 11) is 2.62. The van der Waals surface area contributed by atoms with Crippen molar-refractivity contribution in [3.63, 3.8) is 0 Å². The van der Waals surface area contributed by atoms with Gasteiger partial charge in [0.2, 0.25) is 11.8 Å². The number of aryl methyl sites for hydroxylation is 4. The zero-order valence-corrected chi connectivity index (χ0v) is 36.1. The second kappa shape index (κ2) is 15.4. The van der Waals surface area contributed by atoms with Crippen LogP contribution in [0, 0.1) is 35.5 Å². The Morgan fingerprint density at radius 2 is 1.06 bits per heavy atom. The van der Waals surface area contributed by atoms with E-state index in [1.807, 2.05) is 37.5 Å². The Bertz CT molecular complexity index is 2390. The summed E-state index contributed by atoms with van der Waals surface area (Å²) in [5.74, 6) is 9.03. The van der Waals surface area contributed by atoms with Crippen molar-refractivity contribution in [1.29, 1.82) is 0 Å². The number of nitrogens with one attached hydrogen (secondary N) is 4. The van der Waals surface area contributed by atoms with Crippen LogP contribution in [0.4, 0.5) is 9.59 Å². The van der Waals surface area contributed by atoms with E-state index in [9.17, 15) is 19.2 Å². The predicted octanol–water partition coefficient (Wildman–Crippen LogP) is 6.15. The first-order valence-electron chi connectivity index (χ1n) is 22.2. The van der Waals surface area contributed by atoms with Gasteiger partial charge in [-0.15, -0.1) is 0 Å². The number of imidazole rings is 2. The minimum Gasteiger partial charge on any atom is -0.453 e. The maximum Gasteiger partial charge on any atom is 0.407 e. The van der Waals surface area contributed by atoms with E-state index in [0.717, 1.165) is 108 Å². The number of amides is 4. The molecule has 2 aromatic heterocycles. The zero-order chi connectivity index (χ0) is 43.1. The molecule has 2 aromatic carbocycles. The monoisotopic (exact) mass is 838 g/mol. The van der Waals surface area contributed by atoms with Crippen molar-refractivity contribution < 1.29 is 28.7 Å². The van der Waals surface area contributed by atoms with Crippen LogP contribution >= 0.6 is 0 Å². The Morgan fingerprint density at radius 3 is 1.45 bits per heavy atom. The van der Waals surface area contributed by atoms with Crippen LogP contribution in [-0.2, 0) is 44.7 Å². The Hall–Kier alpha value is -6.10. The number of H-pyrrole nitrogens is 2. The normalized spacial score (nSPS) is 24.3. The fourth-order valence-corrected chi connectivity index (χ4v) is 10.6. The van der Waals surface area contributed by atoms with Crippen molar-refractivity contribution in [3.8, 4) is 34.4 Å². The molecule has 322 valence electrons. The number of carbonyl (C=O) groups is 4. The van der Waals surface area contributed by atoms with E-state index in [2.05, 4.69) is 68.8 Å². The molecule has 4 aliphatic carbocycles. The minimum atomic E-state index is -0.672. The molecule has 6 aliphatic rings. The molecule has 2 aliphatic heterocycles. The number of aromatic amines is 2. The first kappa shape index (κ1) is 40.0. The first-order valence-corrected chi connectivity index (χ1v) is 22.2. The van der Waals surface area contributed by atoms with Crippen LogP contribution in [0.25, 0.3) is 22.5 Å². The molecule has 0 radical (unpaired) electrons. The van der Waals surface area contributed by atoms with Crippen LogP contribution in [0.2, 0.25) is 0 Å². The highest BCUT2D eigenvalue weighted by Gasteiger charge is 2.57. The van der Waals surface area contributed by atoms with Crippen molar-refractivity contribution in [2.24, 2.45) is 23.7 Å². The van der Waals surface area contributed by atoms with Gasteiger partial charge in [-0.2, -0.15) is 0 Å². The number of benzene rings is 2. The molecule has 4 heterocycles. The number of piperidine rings is 2. The Morgan fingerprint density at radius 1 is 0.645 bits per heavy atom. The summed E-state index contributed by atoms with van der Waals surface area (Å²) < 4.78 is 9.66. The molecule has 4 fully saturated rings. The topological polar surface area (TPSA) is 175 Å². The van der Waals surface area contributed by atoms with Gasteiger partial charge in [-0.1, -0.05) is 51.7 Å². The number of hydrogen-bond acceptors (Lipinski definition) is 8. The largest absolute Gasteiger partial charge is 0.453 e. The smallest absolute Gasteiger partial charge is 0.407 e. The molecule has 2 saturated carbocycles. The van der Waals surface area contributed by atoms with Crippen LogP contribution in [0.1, 0.15) is 111 Å². The molecule has 0 bridgehead atoms. The summed E-state index contributed by atoms with van der Waals surface area (Å²) in [6.45, 7) is 7.74. The minimum absolute atomic E-state index is 0.0812. The van der Waals surface area contributed by atoms with Crippen LogP contribution < -0.4 is 10.6 Å². The number of aromatic nitrogens is 4. The van der Waals surface area contributed by atoms with Crippen LogP contribution in [0.5, 0.6) is 0 Å². The fourth-order valence-electron chi connectivity index (χ4n) is 10.6. The summed E-state index contributed by atoms with van der Waals surface area (Å²) in [6.07, 6.45) is 5.85. The summed E-state index contributed by atoms with van der Waals surface area (Å²) >= 11 is 0. The molecule has 2 saturated heterocycles. The third-order valence-corrected chi connectivity index (χ3v) is 14.1. The molecule has 14 nitrogen and oxygen atoms in total. The molecule has 8 atom stereocenters. The molecular weight excluding hydrogens is 785 g/mol. The van der Waals surface area contributed by atoms with Gasteiger partial charge in [0.1, 0.15) is 23.7 Å². The SMILES string of the molecule is COC(=O)N[C@H](C(=O)N1[C@@H]2C[C@@H]2C[C@H]1c1nc2c([nH]1)CCc1cc(C#Cc3ccc4c(c3)CCc3[nH]c([C@@H]5C[C@H]6C[C@H]6N5C(=O)[C@@H](NC(=O)OC)C(C)C)nc3-4)ccc1-2)C(C)C. The Balaban J connectivity index is 0.845. The van der Waals surface area contributed by atoms with E-state index in [1.165, 1.54) is 25.3 Å². The lowest BCUT2D eigenvalue weighted by molar-refractivity contribution is -0.137. The Labute approximate surface area is 361 Å². The summed E-state index contributed by atoms with van der Waals surface area (Å²) in [6, 6.07) is 11.4. The quantitative estimate of drug-likeness (QED) is 0.153. The molecule has 4 amide bonds. The van der Waals surface area contributed by atoms with E-state index in [4.69, 9.17) is 19.4 Å². The van der Waals surface area contributed by atoms with Gasteiger partial charge in [0.05, 0.1) is 37.7 Å². The van der Waals surface area contributed by atoms with Crippen LogP contribution in [-0.4, -0.2) is 92.1 Å². The first-order chi connectivity index (χ1) is 29.9. The standard InChI is InChI=1S/C48H54N8O6/c1-23(2)39(53-47(59)61-5)45(57)55-35-19-29(35)21-37(55)43-49-33-15-11-27-17-25(9-13-31(27)41(33)51-43)7-8-26-10-14-32-28(18-26)12-16-34-42(32)52-44(50-34)38-22-30-20-36(30)56(38)46(58)40(24(3)4)54-48(60)62-6/h9-10,13-14,17-18,23-24,29-30,35-40H,11-12,15-16,19-22H2,1-6H3,(H,49,51)(H,50,52)(H,53,59)(H,54,60)/t29-,30-,35-,36-,37+,38+,39+,40+/m1/s1. The van der Waals surface area contributed by atoms with Gasteiger partial charge in [0.25, 0.3) is 0 Å². The number of alkyl carbamates (subject to hydrolysis) is 2. The number of ether oxygens (including phenoxy) is 2. The van der Waals surface area contributed by atoms with Gasteiger partial charge >= 0.3 is 12.2 Å². The number of nitrogens with zero attached hydrogens (tertiary/aromatic N) is 4. The lowest BCUT2D eigenvalue weighted by atomic mass is 9.90. The maximum atomic E-state index is 13.9. The number of likely N-dealkylation sites (tertiary alicyclic amines) is 2. The second-order valence-corrected chi connectivity index (χ2v) is 18.7. The average molecular weight is 839 g/mol. The molecule has 4 aromatic rings. The average Bonchev–Trinajstić information content (AvgIpc) is 3.91. The summed E-state index contributed by atoms with van der Waals surface area (Å²) in [5.41, 5.74) is 10.6. The van der Waals surface area contributed by atoms with Gasteiger partial charge < -0.3 is 39.9 Å². The highest BCUT2D eigenvalue weighted by atomic mass is 16.5. The van der Waals surface area contributed by atoms with Gasteiger partial charge in [0.15, 0.2) is 0 Å². The van der Waals surface area contributed by atoms with Gasteiger partial charge in [0, 0.05) is 45.7 Å². The molecule has 0 unspecified atom stereocenters. The third-order valence-electron chi connectivity index (χ3n) is 14.1. The lowest BCUT2D eigenvalue weighted by Gasteiger charge is -2.31. The molecular formula is C48H54N8O6. The summed E-state index contributed by atoms with van der Waals surface area (Å²) in [5, 5.41) is 5.53. The van der Waals surface area contributed by atoms with Crippen molar-refractivity contribution >= 4 is 24.0 Å². The van der Waals surface area contributed by atoms with Crippen molar-refractivity contribution in [1.82, 2.24) is 40.4 Å². The van der Waals surface area contributed by atoms with E-state index >= 15 is 0 Å². The van der Waals surface area contributed by atoms with E-state index in [0.29, 0.717) is 11.8 Å². The molecule has 0 spiro atoms. The van der Waals surface area contributed by atoms with Gasteiger partial charge in [-0.25, -0.2) is 19.6 Å². The zero-order valence-electron chi connectivity index (χ0n) is 36.1. The van der Waals surface area contributed by atoms with Gasteiger partial charge in [-0.3, -0.25) is 9.59 Å². The number of carbonyl (C=O) groups excluding carboxylic acids is 4. The predicted molar refractivity (Wildman–Crippen MR) is 229 cm³/mol. The highest BCUT2D eigenvalue weighted by Crippen LogP contribution is 2.55. The van der Waals surface area contributed by atoms with E-state index in [-0.39, 0.29) is 47.8 Å². The van der Waals surface area contributed by atoms with Crippen molar-refractivity contribution in [2.45, 2.75) is 115 Å². The molecule has 10 rings (SSSR count). The third kappa shape index (κ3) is 6.99. The molecule has 14 heteroatoms. The number of hydrogen-bond donors (Lipinski definition) is 4. The van der Waals surface area contributed by atoms with E-state index < -0.39 is 24.3 Å². The fraction of sp³-hybridized carbons (Fsp3) is 0.500. The number of rotatable bonds is 8. The van der Waals surface area contributed by atoms with Crippen molar-refractivity contribution in [2.75, 3.05) is 14.2 Å². The molecule has 62 heavy (non-hydrogen) atoms. The van der Waals surface area contributed by atoms with Crippen LogP contribution in [0.15, 0.2) is 36.4 Å². The van der Waals surface area contributed by atoms with Crippen molar-refractivity contribution in [3.05, 3.63) is 81.7 Å². The maximum absolute atomic E-state index is 13.9. The lowest BCUT2D eigenvalue weighted by Crippen LogP contribution is -2.52. The highest BCUT2D eigenvalue weighted by molar-refractivity contribution is 5.88. The second-order valence-electron chi connectivity index (χ2n) is 18.7.